The van der Waals surface area contributed by atoms with Crippen molar-refractivity contribution in [3.63, 3.8) is 0 Å². The zero-order valence-corrected chi connectivity index (χ0v) is 13.5. The molecule has 0 radical (unpaired) electrons. The molecule has 0 aliphatic rings. The van der Waals surface area contributed by atoms with Crippen LogP contribution in [0.15, 0.2) is 24.3 Å². The molecule has 7 nitrogen and oxygen atoms in total. The second-order valence-electron chi connectivity index (χ2n) is 4.49. The van der Waals surface area contributed by atoms with Gasteiger partial charge in [-0.05, 0) is 18.2 Å². The molecule has 1 rings (SSSR count). The predicted octanol–water partition coefficient (Wildman–Crippen LogP) is 0.861. The fourth-order valence-electron chi connectivity index (χ4n) is 1.67. The molecule has 0 aromatic heterocycles. The topological polar surface area (TPSA) is 89.2 Å². The third-order valence-electron chi connectivity index (χ3n) is 2.76. The number of hydrogen-bond donors (Lipinski definition) is 1. The molecule has 0 unspecified atom stereocenters. The van der Waals surface area contributed by atoms with Gasteiger partial charge >= 0.3 is 5.97 Å². The molecule has 0 fully saturated rings. The Kier molecular flexibility index (Phi) is 10.8. The maximum absolute atomic E-state index is 11.4. The lowest BCUT2D eigenvalue weighted by Crippen LogP contribution is -2.14. The molecule has 0 amide bonds. The molecule has 2 N–H and O–H groups in total. The van der Waals surface area contributed by atoms with E-state index in [0.29, 0.717) is 64.1 Å². The van der Waals surface area contributed by atoms with Crippen molar-refractivity contribution >= 4 is 5.97 Å². The zero-order chi connectivity index (χ0) is 16.8. The van der Waals surface area contributed by atoms with Gasteiger partial charge in [-0.3, -0.25) is 0 Å². The lowest BCUT2D eigenvalue weighted by atomic mass is 10.2. The van der Waals surface area contributed by atoms with E-state index in [1.54, 1.807) is 24.3 Å². The largest absolute Gasteiger partial charge is 0.491 e. The van der Waals surface area contributed by atoms with Crippen molar-refractivity contribution < 1.29 is 28.5 Å². The lowest BCUT2D eigenvalue weighted by molar-refractivity contribution is 0.0106. The van der Waals surface area contributed by atoms with E-state index in [-0.39, 0.29) is 5.97 Å². The highest BCUT2D eigenvalue weighted by Crippen LogP contribution is 2.13. The minimum absolute atomic E-state index is 0.390. The van der Waals surface area contributed by atoms with Crippen LogP contribution in [0.1, 0.15) is 10.4 Å². The summed E-state index contributed by atoms with van der Waals surface area (Å²) in [4.78, 5) is 11.4. The summed E-state index contributed by atoms with van der Waals surface area (Å²) < 4.78 is 26.0. The summed E-state index contributed by atoms with van der Waals surface area (Å²) in [6.45, 7) is 3.96. The average Bonchev–Trinajstić information content (AvgIpc) is 2.59. The van der Waals surface area contributed by atoms with Crippen molar-refractivity contribution in [3.8, 4) is 5.75 Å². The van der Waals surface area contributed by atoms with Crippen molar-refractivity contribution in [2.75, 3.05) is 59.9 Å². The molecule has 130 valence electrons. The highest BCUT2D eigenvalue weighted by molar-refractivity contribution is 5.89. The van der Waals surface area contributed by atoms with Crippen LogP contribution >= 0.6 is 0 Å². The minimum Gasteiger partial charge on any atom is -0.491 e. The third kappa shape index (κ3) is 9.14. The van der Waals surface area contributed by atoms with E-state index in [4.69, 9.17) is 24.7 Å². The number of hydrogen-bond acceptors (Lipinski definition) is 7. The Morgan fingerprint density at radius 3 is 2.17 bits per heavy atom. The van der Waals surface area contributed by atoms with Gasteiger partial charge in [-0.15, -0.1) is 0 Å². The molecule has 0 spiro atoms. The fourth-order valence-corrected chi connectivity index (χ4v) is 1.67. The number of methoxy groups -OCH3 is 1. The molecule has 0 saturated heterocycles. The van der Waals surface area contributed by atoms with Crippen molar-refractivity contribution in [3.05, 3.63) is 29.8 Å². The van der Waals surface area contributed by atoms with Crippen LogP contribution in [-0.4, -0.2) is 65.9 Å². The van der Waals surface area contributed by atoms with Crippen molar-refractivity contribution in [2.45, 2.75) is 0 Å². The van der Waals surface area contributed by atoms with Crippen LogP contribution < -0.4 is 10.5 Å². The van der Waals surface area contributed by atoms with Crippen LogP contribution in [0, 0.1) is 0 Å². The highest BCUT2D eigenvalue weighted by atomic mass is 16.6. The SMILES string of the molecule is COC(=O)c1cccc(OCCOCCOCCOCCN)c1. The number of carbonyl (C=O) groups is 1. The summed E-state index contributed by atoms with van der Waals surface area (Å²) in [6, 6.07) is 6.82. The molecule has 0 heterocycles. The monoisotopic (exact) mass is 327 g/mol. The van der Waals surface area contributed by atoms with Gasteiger partial charge in [-0.25, -0.2) is 4.79 Å². The fraction of sp³-hybridized carbons (Fsp3) is 0.562. The number of esters is 1. The Morgan fingerprint density at radius 2 is 1.57 bits per heavy atom. The summed E-state index contributed by atoms with van der Waals surface area (Å²) in [5, 5.41) is 0. The Bertz CT molecular complexity index is 440. The van der Waals surface area contributed by atoms with Gasteiger partial charge in [-0.1, -0.05) is 6.07 Å². The van der Waals surface area contributed by atoms with Crippen LogP contribution in [0.25, 0.3) is 0 Å². The molecule has 1 aromatic carbocycles. The average molecular weight is 327 g/mol. The molecule has 0 bridgehead atoms. The first-order chi connectivity index (χ1) is 11.3. The smallest absolute Gasteiger partial charge is 0.337 e. The summed E-state index contributed by atoms with van der Waals surface area (Å²) in [5.41, 5.74) is 5.74. The van der Waals surface area contributed by atoms with Gasteiger partial charge in [0, 0.05) is 6.54 Å². The standard InChI is InChI=1S/C16H25NO6/c1-19-16(18)14-3-2-4-15(13-14)23-12-11-22-10-9-21-8-7-20-6-5-17/h2-4,13H,5-12,17H2,1H3. The van der Waals surface area contributed by atoms with Gasteiger partial charge in [0.2, 0.25) is 0 Å². The lowest BCUT2D eigenvalue weighted by Gasteiger charge is -2.09. The maximum Gasteiger partial charge on any atom is 0.337 e. The molecular formula is C16H25NO6. The summed E-state index contributed by atoms with van der Waals surface area (Å²) in [7, 11) is 1.34. The van der Waals surface area contributed by atoms with Crippen molar-refractivity contribution in [1.29, 1.82) is 0 Å². The zero-order valence-electron chi connectivity index (χ0n) is 13.5. The molecule has 23 heavy (non-hydrogen) atoms. The first-order valence-corrected chi connectivity index (χ1v) is 7.52. The van der Waals surface area contributed by atoms with E-state index in [2.05, 4.69) is 4.74 Å². The number of rotatable bonds is 13. The Hall–Kier alpha value is -1.67. The second kappa shape index (κ2) is 12.8. The molecule has 1 aromatic rings. The first-order valence-electron chi connectivity index (χ1n) is 7.52. The Labute approximate surface area is 136 Å². The molecule has 0 aliphatic carbocycles. The van der Waals surface area contributed by atoms with Gasteiger partial charge in [0.05, 0.1) is 52.3 Å². The molecule has 7 heteroatoms. The van der Waals surface area contributed by atoms with Crippen LogP contribution in [0.3, 0.4) is 0 Å². The number of carbonyl (C=O) groups excluding carboxylic acids is 1. The van der Waals surface area contributed by atoms with Gasteiger partial charge < -0.3 is 29.4 Å². The Morgan fingerprint density at radius 1 is 0.957 bits per heavy atom. The van der Waals surface area contributed by atoms with Gasteiger partial charge in [0.1, 0.15) is 12.4 Å². The quantitative estimate of drug-likeness (QED) is 0.424. The summed E-state index contributed by atoms with van der Waals surface area (Å²) >= 11 is 0. The van der Waals surface area contributed by atoms with E-state index in [1.807, 2.05) is 0 Å². The van der Waals surface area contributed by atoms with Crippen LogP contribution in [0.5, 0.6) is 5.75 Å². The van der Waals surface area contributed by atoms with Crippen LogP contribution in [0.4, 0.5) is 0 Å². The third-order valence-corrected chi connectivity index (χ3v) is 2.76. The van der Waals surface area contributed by atoms with E-state index in [9.17, 15) is 4.79 Å². The summed E-state index contributed by atoms with van der Waals surface area (Å²) in [6.07, 6.45) is 0. The van der Waals surface area contributed by atoms with E-state index >= 15 is 0 Å². The minimum atomic E-state index is -0.390. The highest BCUT2D eigenvalue weighted by Gasteiger charge is 2.05. The number of ether oxygens (including phenoxy) is 5. The Balaban J connectivity index is 2.02. The molecule has 0 aliphatic heterocycles. The number of benzene rings is 1. The molecular weight excluding hydrogens is 302 g/mol. The normalized spacial score (nSPS) is 10.5. The molecule has 0 saturated carbocycles. The van der Waals surface area contributed by atoms with Gasteiger partial charge in [0.25, 0.3) is 0 Å². The number of nitrogens with two attached hydrogens (primary N) is 1. The maximum atomic E-state index is 11.4. The van der Waals surface area contributed by atoms with Crippen LogP contribution in [0.2, 0.25) is 0 Å². The predicted molar refractivity (Wildman–Crippen MR) is 84.8 cm³/mol. The van der Waals surface area contributed by atoms with Gasteiger partial charge in [0.15, 0.2) is 0 Å². The van der Waals surface area contributed by atoms with Crippen LogP contribution in [-0.2, 0) is 18.9 Å². The second-order valence-corrected chi connectivity index (χ2v) is 4.49. The van der Waals surface area contributed by atoms with E-state index in [0.717, 1.165) is 0 Å². The van der Waals surface area contributed by atoms with Crippen molar-refractivity contribution in [1.82, 2.24) is 0 Å². The van der Waals surface area contributed by atoms with E-state index in [1.165, 1.54) is 7.11 Å². The van der Waals surface area contributed by atoms with Gasteiger partial charge in [-0.2, -0.15) is 0 Å². The molecule has 0 atom stereocenters. The summed E-state index contributed by atoms with van der Waals surface area (Å²) in [5.74, 6) is 0.212. The first kappa shape index (κ1) is 19.4. The van der Waals surface area contributed by atoms with Crippen molar-refractivity contribution in [2.24, 2.45) is 5.73 Å². The van der Waals surface area contributed by atoms with E-state index < -0.39 is 0 Å².